The van der Waals surface area contributed by atoms with Gasteiger partial charge in [0.2, 0.25) is 10.0 Å². The van der Waals surface area contributed by atoms with Crippen LogP contribution < -0.4 is 10.6 Å². The Morgan fingerprint density at radius 3 is 2.74 bits per heavy atom. The van der Waals surface area contributed by atoms with Crippen molar-refractivity contribution in [2.75, 3.05) is 26.2 Å². The van der Waals surface area contributed by atoms with Gasteiger partial charge in [0.15, 0.2) is 0 Å². The SMILES string of the molecule is O=C(NCCCn1ccnc1)C(=O)NC[C@H]1OCCN1S(=O)(=O)c1cc(F)ccc1F. The molecule has 2 amide bonds. The highest BCUT2D eigenvalue weighted by molar-refractivity contribution is 7.89. The Morgan fingerprint density at radius 1 is 1.23 bits per heavy atom. The molecule has 1 atom stereocenters. The third-order valence-corrected chi connectivity index (χ3v) is 6.41. The largest absolute Gasteiger partial charge is 0.359 e. The summed E-state index contributed by atoms with van der Waals surface area (Å²) in [7, 11) is -4.41. The van der Waals surface area contributed by atoms with Crippen LogP contribution in [0.25, 0.3) is 0 Å². The highest BCUT2D eigenvalue weighted by Gasteiger charge is 2.38. The van der Waals surface area contributed by atoms with E-state index in [1.165, 1.54) is 0 Å². The van der Waals surface area contributed by atoms with Gasteiger partial charge in [-0.25, -0.2) is 22.2 Å². The topological polar surface area (TPSA) is 123 Å². The molecule has 1 aliphatic rings. The summed E-state index contributed by atoms with van der Waals surface area (Å²) < 4.78 is 60.7. The average molecular weight is 457 g/mol. The van der Waals surface area contributed by atoms with Gasteiger partial charge in [-0.15, -0.1) is 0 Å². The van der Waals surface area contributed by atoms with Gasteiger partial charge in [0.05, 0.1) is 19.5 Å². The molecule has 13 heteroatoms. The highest BCUT2D eigenvalue weighted by Crippen LogP contribution is 2.24. The predicted octanol–water partition coefficient (Wildman–Crippen LogP) is -0.169. The zero-order valence-electron chi connectivity index (χ0n) is 16.3. The lowest BCUT2D eigenvalue weighted by Gasteiger charge is -2.23. The van der Waals surface area contributed by atoms with Crippen molar-refractivity contribution in [3.8, 4) is 0 Å². The van der Waals surface area contributed by atoms with Crippen molar-refractivity contribution in [2.24, 2.45) is 0 Å². The van der Waals surface area contributed by atoms with Crippen molar-refractivity contribution in [2.45, 2.75) is 24.1 Å². The fourth-order valence-corrected chi connectivity index (χ4v) is 4.55. The number of ether oxygens (including phenoxy) is 1. The number of carbonyl (C=O) groups is 2. The van der Waals surface area contributed by atoms with Crippen molar-refractivity contribution in [1.82, 2.24) is 24.5 Å². The maximum absolute atomic E-state index is 14.0. The summed E-state index contributed by atoms with van der Waals surface area (Å²) in [6.45, 7) is 0.416. The van der Waals surface area contributed by atoms with Gasteiger partial charge in [-0.1, -0.05) is 0 Å². The van der Waals surface area contributed by atoms with E-state index in [4.69, 9.17) is 4.74 Å². The second-order valence-electron chi connectivity index (χ2n) is 6.64. The van der Waals surface area contributed by atoms with Crippen LogP contribution in [0.2, 0.25) is 0 Å². The van der Waals surface area contributed by atoms with Gasteiger partial charge in [0, 0.05) is 32.0 Å². The van der Waals surface area contributed by atoms with Gasteiger partial charge in [-0.05, 0) is 24.6 Å². The molecule has 168 valence electrons. The number of benzene rings is 1. The molecule has 2 aromatic rings. The average Bonchev–Trinajstić information content (AvgIpc) is 3.43. The Labute approximate surface area is 177 Å². The van der Waals surface area contributed by atoms with Crippen molar-refractivity contribution in [3.63, 3.8) is 0 Å². The van der Waals surface area contributed by atoms with Crippen LogP contribution in [-0.2, 0) is 30.9 Å². The highest BCUT2D eigenvalue weighted by atomic mass is 32.2. The molecule has 1 aromatic carbocycles. The molecule has 1 fully saturated rings. The molecule has 1 aliphatic heterocycles. The Bertz CT molecular complexity index is 1030. The number of aryl methyl sites for hydroxylation is 1. The molecule has 0 radical (unpaired) electrons. The summed E-state index contributed by atoms with van der Waals surface area (Å²) in [5.74, 6) is -3.86. The third kappa shape index (κ3) is 5.62. The van der Waals surface area contributed by atoms with E-state index >= 15 is 0 Å². The molecule has 0 unspecified atom stereocenters. The fourth-order valence-electron chi connectivity index (χ4n) is 2.97. The van der Waals surface area contributed by atoms with Crippen LogP contribution in [0.15, 0.2) is 41.8 Å². The lowest BCUT2D eigenvalue weighted by Crippen LogP contribution is -2.47. The number of aromatic nitrogens is 2. The number of hydrogen-bond acceptors (Lipinski definition) is 6. The second kappa shape index (κ2) is 9.94. The summed E-state index contributed by atoms with van der Waals surface area (Å²) in [5.41, 5.74) is 0. The summed E-state index contributed by atoms with van der Waals surface area (Å²) in [5, 5.41) is 4.75. The van der Waals surface area contributed by atoms with Crippen molar-refractivity contribution in [3.05, 3.63) is 48.6 Å². The van der Waals surface area contributed by atoms with Crippen LogP contribution in [0, 0.1) is 11.6 Å². The normalized spacial score (nSPS) is 16.9. The lowest BCUT2D eigenvalue weighted by atomic mass is 10.3. The first-order valence-corrected chi connectivity index (χ1v) is 10.8. The first-order valence-electron chi connectivity index (χ1n) is 9.39. The van der Waals surface area contributed by atoms with E-state index in [2.05, 4.69) is 15.6 Å². The summed E-state index contributed by atoms with van der Waals surface area (Å²) in [6, 6.07) is 2.10. The number of amides is 2. The molecular formula is C18H21F2N5O5S. The number of sulfonamides is 1. The van der Waals surface area contributed by atoms with Crippen molar-refractivity contribution < 1.29 is 31.5 Å². The monoisotopic (exact) mass is 457 g/mol. The Hall–Kier alpha value is -2.90. The quantitative estimate of drug-likeness (QED) is 0.419. The molecule has 31 heavy (non-hydrogen) atoms. The van der Waals surface area contributed by atoms with Gasteiger partial charge in [-0.2, -0.15) is 4.31 Å². The minimum absolute atomic E-state index is 0.00283. The Balaban J connectivity index is 1.51. The zero-order chi connectivity index (χ0) is 22.4. The minimum Gasteiger partial charge on any atom is -0.359 e. The molecule has 3 rings (SSSR count). The van der Waals surface area contributed by atoms with Crippen LogP contribution in [0.3, 0.4) is 0 Å². The van der Waals surface area contributed by atoms with E-state index in [0.717, 1.165) is 10.4 Å². The molecule has 0 bridgehead atoms. The minimum atomic E-state index is -4.41. The van der Waals surface area contributed by atoms with Gasteiger partial charge < -0.3 is 19.9 Å². The van der Waals surface area contributed by atoms with E-state index < -0.39 is 44.6 Å². The predicted molar refractivity (Wildman–Crippen MR) is 103 cm³/mol. The molecule has 2 heterocycles. The lowest BCUT2D eigenvalue weighted by molar-refractivity contribution is -0.139. The second-order valence-corrected chi connectivity index (χ2v) is 8.49. The first-order chi connectivity index (χ1) is 14.8. The number of imidazole rings is 1. The molecule has 2 N–H and O–H groups in total. The zero-order valence-corrected chi connectivity index (χ0v) is 17.1. The maximum Gasteiger partial charge on any atom is 0.309 e. The van der Waals surface area contributed by atoms with Gasteiger partial charge >= 0.3 is 11.8 Å². The number of rotatable bonds is 8. The van der Waals surface area contributed by atoms with Crippen LogP contribution in [0.4, 0.5) is 8.78 Å². The third-order valence-electron chi connectivity index (χ3n) is 4.50. The molecule has 0 spiro atoms. The Morgan fingerprint density at radius 2 is 2.00 bits per heavy atom. The van der Waals surface area contributed by atoms with Crippen LogP contribution in [0.1, 0.15) is 6.42 Å². The smallest absolute Gasteiger partial charge is 0.309 e. The molecular weight excluding hydrogens is 436 g/mol. The van der Waals surface area contributed by atoms with E-state index in [1.807, 2.05) is 4.57 Å². The fraction of sp³-hybridized carbons (Fsp3) is 0.389. The standard InChI is InChI=1S/C18H21F2N5O5S/c19-13-2-3-14(20)15(10-13)31(28,29)25-8-9-30-16(25)11-23-18(27)17(26)22-4-1-6-24-7-5-21-12-24/h2-3,5,7,10,12,16H,1,4,6,8-9,11H2,(H,22,26)(H,23,27)/t16-/m1/s1. The molecule has 1 aromatic heterocycles. The van der Waals surface area contributed by atoms with Crippen molar-refractivity contribution in [1.29, 1.82) is 0 Å². The first kappa shape index (κ1) is 22.8. The molecule has 10 nitrogen and oxygen atoms in total. The van der Waals surface area contributed by atoms with Crippen LogP contribution in [0.5, 0.6) is 0 Å². The van der Waals surface area contributed by atoms with E-state index in [-0.39, 0.29) is 26.2 Å². The summed E-state index contributed by atoms with van der Waals surface area (Å²) in [4.78, 5) is 26.9. The van der Waals surface area contributed by atoms with Gasteiger partial charge in [-0.3, -0.25) is 9.59 Å². The van der Waals surface area contributed by atoms with E-state index in [1.54, 1.807) is 18.7 Å². The molecule has 0 aliphatic carbocycles. The van der Waals surface area contributed by atoms with E-state index in [0.29, 0.717) is 25.1 Å². The van der Waals surface area contributed by atoms with Crippen LogP contribution in [-0.4, -0.2) is 66.6 Å². The number of nitrogens with one attached hydrogen (secondary N) is 2. The van der Waals surface area contributed by atoms with E-state index in [9.17, 15) is 26.8 Å². The molecule has 1 saturated heterocycles. The number of nitrogens with zero attached hydrogens (tertiary/aromatic N) is 3. The van der Waals surface area contributed by atoms with Crippen molar-refractivity contribution >= 4 is 21.8 Å². The Kier molecular flexibility index (Phi) is 7.30. The molecule has 0 saturated carbocycles. The summed E-state index contributed by atoms with van der Waals surface area (Å²) >= 11 is 0. The van der Waals surface area contributed by atoms with Crippen LogP contribution >= 0.6 is 0 Å². The maximum atomic E-state index is 14.0. The number of carbonyl (C=O) groups excluding carboxylic acids is 2. The summed E-state index contributed by atoms with van der Waals surface area (Å²) in [6.07, 6.45) is 4.44. The van der Waals surface area contributed by atoms with Gasteiger partial charge in [0.1, 0.15) is 22.8 Å². The van der Waals surface area contributed by atoms with Gasteiger partial charge in [0.25, 0.3) is 0 Å². The number of hydrogen-bond donors (Lipinski definition) is 2. The number of halogens is 2.